The zero-order valence-corrected chi connectivity index (χ0v) is 8.69. The highest BCUT2D eigenvalue weighted by atomic mass is 19.3. The van der Waals surface area contributed by atoms with Gasteiger partial charge in [0.15, 0.2) is 6.10 Å². The molecule has 0 aliphatic carbocycles. The first kappa shape index (κ1) is 14.2. The molecule has 1 atom stereocenters. The molecule has 1 aromatic carbocycles. The minimum Gasteiger partial charge on any atom is -0.477 e. The lowest BCUT2D eigenvalue weighted by Crippen LogP contribution is -2.35. The van der Waals surface area contributed by atoms with Crippen molar-refractivity contribution < 1.29 is 37.3 Å². The molecule has 0 aliphatic rings. The summed E-state index contributed by atoms with van der Waals surface area (Å²) in [6.45, 7) is -3.28. The molecule has 1 aromatic rings. The zero-order valence-electron chi connectivity index (χ0n) is 8.69. The summed E-state index contributed by atoms with van der Waals surface area (Å²) < 4.78 is 54.0. The zero-order chi connectivity index (χ0) is 13.9. The SMILES string of the molecule is O=C(O)C(F)(F)C(O)c1ccccc1OC(F)F. The van der Waals surface area contributed by atoms with Gasteiger partial charge in [-0.05, 0) is 6.07 Å². The Morgan fingerprint density at radius 3 is 2.33 bits per heavy atom. The van der Waals surface area contributed by atoms with Crippen LogP contribution in [-0.4, -0.2) is 28.7 Å². The molecule has 0 radical (unpaired) electrons. The minimum atomic E-state index is -4.51. The standard InChI is InChI=1S/C10H8F4O4/c11-9(12)18-6-4-2-1-3-5(6)7(15)10(13,14)8(16)17/h1-4,7,9,15H,(H,16,17). The molecule has 0 aliphatic heterocycles. The maximum Gasteiger partial charge on any atom is 0.387 e. The first-order valence-electron chi connectivity index (χ1n) is 4.59. The van der Waals surface area contributed by atoms with Crippen molar-refractivity contribution in [2.24, 2.45) is 0 Å². The normalized spacial score (nSPS) is 13.4. The number of carboxylic acids is 1. The van der Waals surface area contributed by atoms with E-state index in [9.17, 15) is 27.5 Å². The van der Waals surface area contributed by atoms with E-state index < -0.39 is 35.9 Å². The fourth-order valence-electron chi connectivity index (χ4n) is 1.22. The molecule has 0 heterocycles. The van der Waals surface area contributed by atoms with Crippen molar-refractivity contribution in [3.05, 3.63) is 29.8 Å². The molecule has 0 saturated carbocycles. The average molecular weight is 268 g/mol. The summed E-state index contributed by atoms with van der Waals surface area (Å²) in [6, 6.07) is 4.18. The highest BCUT2D eigenvalue weighted by Gasteiger charge is 2.48. The fourth-order valence-corrected chi connectivity index (χ4v) is 1.22. The number of carboxylic acid groups (broad SMARTS) is 1. The van der Waals surface area contributed by atoms with Gasteiger partial charge in [-0.2, -0.15) is 17.6 Å². The van der Waals surface area contributed by atoms with E-state index in [1.807, 2.05) is 0 Å². The largest absolute Gasteiger partial charge is 0.477 e. The van der Waals surface area contributed by atoms with Gasteiger partial charge < -0.3 is 14.9 Å². The van der Waals surface area contributed by atoms with Crippen molar-refractivity contribution in [1.82, 2.24) is 0 Å². The average Bonchev–Trinajstić information content (AvgIpc) is 2.27. The number of rotatable bonds is 5. The summed E-state index contributed by atoms with van der Waals surface area (Å²) in [5.74, 6) is -7.79. The number of hydrogen-bond donors (Lipinski definition) is 2. The molecule has 1 unspecified atom stereocenters. The summed E-state index contributed by atoms with van der Waals surface area (Å²) in [7, 11) is 0. The number of hydrogen-bond acceptors (Lipinski definition) is 3. The van der Waals surface area contributed by atoms with Crippen LogP contribution in [0.3, 0.4) is 0 Å². The van der Waals surface area contributed by atoms with Crippen LogP contribution >= 0.6 is 0 Å². The van der Waals surface area contributed by atoms with E-state index in [0.717, 1.165) is 12.1 Å². The van der Waals surface area contributed by atoms with Crippen molar-refractivity contribution >= 4 is 5.97 Å². The number of carbonyl (C=O) groups is 1. The third-order valence-corrected chi connectivity index (χ3v) is 2.06. The number of halogens is 4. The van der Waals surface area contributed by atoms with Crippen molar-refractivity contribution in [3.8, 4) is 5.75 Å². The molecule has 18 heavy (non-hydrogen) atoms. The van der Waals surface area contributed by atoms with E-state index in [1.165, 1.54) is 12.1 Å². The molecule has 0 fully saturated rings. The van der Waals surface area contributed by atoms with Crippen molar-refractivity contribution in [2.45, 2.75) is 18.6 Å². The highest BCUT2D eigenvalue weighted by molar-refractivity contribution is 5.76. The Bertz CT molecular complexity index is 436. The number of benzene rings is 1. The first-order valence-corrected chi connectivity index (χ1v) is 4.59. The number of alkyl halides is 4. The van der Waals surface area contributed by atoms with Crippen LogP contribution in [0.4, 0.5) is 17.6 Å². The molecule has 0 spiro atoms. The van der Waals surface area contributed by atoms with Gasteiger partial charge in [0, 0.05) is 5.56 Å². The van der Waals surface area contributed by atoms with Gasteiger partial charge in [-0.1, -0.05) is 18.2 Å². The molecule has 1 rings (SSSR count). The van der Waals surface area contributed by atoms with E-state index in [2.05, 4.69) is 4.74 Å². The van der Waals surface area contributed by atoms with Crippen molar-refractivity contribution in [2.75, 3.05) is 0 Å². The third kappa shape index (κ3) is 2.89. The predicted molar refractivity (Wildman–Crippen MR) is 50.6 cm³/mol. The molecule has 100 valence electrons. The summed E-state index contributed by atoms with van der Waals surface area (Å²) in [4.78, 5) is 10.3. The molecule has 0 saturated heterocycles. The van der Waals surface area contributed by atoms with Crippen LogP contribution in [0.2, 0.25) is 0 Å². The summed E-state index contributed by atoms with van der Waals surface area (Å²) in [6.07, 6.45) is -2.79. The van der Waals surface area contributed by atoms with Crippen molar-refractivity contribution in [3.63, 3.8) is 0 Å². The van der Waals surface area contributed by atoms with Crippen LogP contribution in [0.1, 0.15) is 11.7 Å². The van der Waals surface area contributed by atoms with E-state index in [0.29, 0.717) is 0 Å². The quantitative estimate of drug-likeness (QED) is 0.802. The summed E-state index contributed by atoms with van der Waals surface area (Å²) in [5, 5.41) is 17.5. The van der Waals surface area contributed by atoms with E-state index >= 15 is 0 Å². The Kier molecular flexibility index (Phi) is 4.12. The number of aliphatic carboxylic acids is 1. The topological polar surface area (TPSA) is 66.8 Å². The Morgan fingerprint density at radius 1 is 1.28 bits per heavy atom. The Balaban J connectivity index is 3.13. The van der Waals surface area contributed by atoms with E-state index in [-0.39, 0.29) is 0 Å². The lowest BCUT2D eigenvalue weighted by Gasteiger charge is -2.20. The monoisotopic (exact) mass is 268 g/mol. The molecule has 0 bridgehead atoms. The first-order chi connectivity index (χ1) is 8.26. The van der Waals surface area contributed by atoms with Gasteiger partial charge in [0.1, 0.15) is 5.75 Å². The molecular weight excluding hydrogens is 260 g/mol. The number of ether oxygens (including phenoxy) is 1. The van der Waals surface area contributed by atoms with Crippen LogP contribution in [0, 0.1) is 0 Å². The number of para-hydroxylation sites is 1. The van der Waals surface area contributed by atoms with Gasteiger partial charge in [0.25, 0.3) is 0 Å². The second kappa shape index (κ2) is 5.21. The predicted octanol–water partition coefficient (Wildman–Crippen LogP) is 2.04. The minimum absolute atomic E-state index is 0.707. The van der Waals surface area contributed by atoms with Gasteiger partial charge in [0.05, 0.1) is 0 Å². The van der Waals surface area contributed by atoms with E-state index in [4.69, 9.17) is 5.11 Å². The van der Waals surface area contributed by atoms with E-state index in [1.54, 1.807) is 0 Å². The Hall–Kier alpha value is -1.83. The van der Waals surface area contributed by atoms with Crippen molar-refractivity contribution in [1.29, 1.82) is 0 Å². The highest BCUT2D eigenvalue weighted by Crippen LogP contribution is 2.36. The smallest absolute Gasteiger partial charge is 0.387 e. The molecule has 0 amide bonds. The van der Waals surface area contributed by atoms with Crippen LogP contribution in [0.25, 0.3) is 0 Å². The van der Waals surface area contributed by atoms with Gasteiger partial charge in [-0.15, -0.1) is 0 Å². The Morgan fingerprint density at radius 2 is 1.83 bits per heavy atom. The van der Waals surface area contributed by atoms with Crippen LogP contribution in [-0.2, 0) is 4.79 Å². The lowest BCUT2D eigenvalue weighted by atomic mass is 10.0. The third-order valence-electron chi connectivity index (χ3n) is 2.06. The molecular formula is C10H8F4O4. The lowest BCUT2D eigenvalue weighted by molar-refractivity contribution is -0.183. The number of aliphatic hydroxyl groups excluding tert-OH is 1. The van der Waals surface area contributed by atoms with Gasteiger partial charge in [-0.25, -0.2) is 4.79 Å². The second-order valence-electron chi connectivity index (χ2n) is 3.25. The Labute approximate surface area is 98.4 Å². The second-order valence-corrected chi connectivity index (χ2v) is 3.25. The summed E-state index contributed by atoms with van der Waals surface area (Å²) in [5.41, 5.74) is -0.731. The fraction of sp³-hybridized carbons (Fsp3) is 0.300. The summed E-state index contributed by atoms with van der Waals surface area (Å²) >= 11 is 0. The maximum atomic E-state index is 13.1. The molecule has 0 aromatic heterocycles. The van der Waals surface area contributed by atoms with Gasteiger partial charge >= 0.3 is 18.5 Å². The van der Waals surface area contributed by atoms with Crippen LogP contribution in [0.5, 0.6) is 5.75 Å². The maximum absolute atomic E-state index is 13.1. The number of aliphatic hydroxyl groups is 1. The van der Waals surface area contributed by atoms with Gasteiger partial charge in [-0.3, -0.25) is 0 Å². The van der Waals surface area contributed by atoms with Crippen LogP contribution in [0.15, 0.2) is 24.3 Å². The molecule has 4 nitrogen and oxygen atoms in total. The van der Waals surface area contributed by atoms with Gasteiger partial charge in [0.2, 0.25) is 0 Å². The van der Waals surface area contributed by atoms with Crippen LogP contribution < -0.4 is 4.74 Å². The molecule has 2 N–H and O–H groups in total. The molecule has 8 heteroatoms.